The summed E-state index contributed by atoms with van der Waals surface area (Å²) >= 11 is 0. The number of carbonyl (C=O) groups excluding carboxylic acids is 3. The first-order chi connectivity index (χ1) is 16.5. The van der Waals surface area contributed by atoms with E-state index in [0.717, 1.165) is 47.1 Å². The van der Waals surface area contributed by atoms with Gasteiger partial charge in [0.2, 0.25) is 5.91 Å². The van der Waals surface area contributed by atoms with Crippen LogP contribution in [0.4, 0.5) is 4.79 Å². The van der Waals surface area contributed by atoms with Gasteiger partial charge >= 0.3 is 6.03 Å². The number of hydrogen-bond acceptors (Lipinski definition) is 4. The Morgan fingerprint density at radius 2 is 1.91 bits per heavy atom. The maximum Gasteiger partial charge on any atom is 0.325 e. The zero-order chi connectivity index (χ0) is 23.7. The van der Waals surface area contributed by atoms with Crippen molar-refractivity contribution in [3.63, 3.8) is 0 Å². The van der Waals surface area contributed by atoms with E-state index in [2.05, 4.69) is 11.4 Å². The molecule has 2 heterocycles. The Hall–Kier alpha value is -3.87. The third-order valence-electron chi connectivity index (χ3n) is 6.71. The summed E-state index contributed by atoms with van der Waals surface area (Å²) in [7, 11) is 0. The van der Waals surface area contributed by atoms with Crippen molar-refractivity contribution in [2.45, 2.75) is 44.7 Å². The fourth-order valence-corrected chi connectivity index (χ4v) is 4.88. The summed E-state index contributed by atoms with van der Waals surface area (Å²) in [6.07, 6.45) is 7.40. The molecular formula is C27H27N3O4. The predicted molar refractivity (Wildman–Crippen MR) is 127 cm³/mol. The summed E-state index contributed by atoms with van der Waals surface area (Å²) in [6.45, 7) is 1.63. The van der Waals surface area contributed by atoms with Gasteiger partial charge in [-0.25, -0.2) is 4.79 Å². The zero-order valence-corrected chi connectivity index (χ0v) is 19.1. The Morgan fingerprint density at radius 3 is 2.68 bits per heavy atom. The number of amides is 4. The molecule has 7 nitrogen and oxygen atoms in total. The van der Waals surface area contributed by atoms with E-state index < -0.39 is 17.5 Å². The number of urea groups is 1. The Bertz CT molecular complexity index is 1270. The number of rotatable bonds is 6. The highest BCUT2D eigenvalue weighted by Gasteiger charge is 2.50. The van der Waals surface area contributed by atoms with Gasteiger partial charge in [-0.15, -0.1) is 0 Å². The number of fused-ring (bicyclic) bond motifs is 1. The molecule has 1 N–H and O–H groups in total. The zero-order valence-electron chi connectivity index (χ0n) is 19.1. The number of benzene rings is 2. The first-order valence-electron chi connectivity index (χ1n) is 11.6. The molecule has 1 aliphatic heterocycles. The van der Waals surface area contributed by atoms with E-state index in [9.17, 15) is 14.4 Å². The number of furan rings is 1. The maximum atomic E-state index is 13.6. The average molecular weight is 458 g/mol. The summed E-state index contributed by atoms with van der Waals surface area (Å²) < 4.78 is 5.47. The molecule has 1 aromatic heterocycles. The molecule has 2 aromatic carbocycles. The van der Waals surface area contributed by atoms with Gasteiger partial charge in [0.05, 0.1) is 12.8 Å². The molecule has 0 radical (unpaired) electrons. The van der Waals surface area contributed by atoms with Crippen LogP contribution in [0, 0.1) is 0 Å². The van der Waals surface area contributed by atoms with Crippen LogP contribution in [0.15, 0.2) is 77.1 Å². The Labute approximate surface area is 198 Å². The highest BCUT2D eigenvalue weighted by atomic mass is 16.3. The number of allylic oxidation sites excluding steroid dienone is 2. The molecule has 174 valence electrons. The molecule has 4 amide bonds. The summed E-state index contributed by atoms with van der Waals surface area (Å²) in [6, 6.07) is 16.5. The number of nitrogens with zero attached hydrogens (tertiary/aromatic N) is 2. The highest BCUT2D eigenvalue weighted by Crippen LogP contribution is 2.34. The van der Waals surface area contributed by atoms with Gasteiger partial charge in [0.15, 0.2) is 0 Å². The lowest BCUT2D eigenvalue weighted by Crippen LogP contribution is -2.44. The van der Waals surface area contributed by atoms with Crippen molar-refractivity contribution in [3.8, 4) is 0 Å². The van der Waals surface area contributed by atoms with Gasteiger partial charge in [-0.05, 0) is 61.1 Å². The van der Waals surface area contributed by atoms with Gasteiger partial charge in [-0.1, -0.05) is 48.5 Å². The quantitative estimate of drug-likeness (QED) is 0.545. The summed E-state index contributed by atoms with van der Waals surface area (Å²) in [5.41, 5.74) is 0.367. The second-order valence-electron chi connectivity index (χ2n) is 8.97. The van der Waals surface area contributed by atoms with Crippen LogP contribution in [0.5, 0.6) is 0 Å². The standard InChI is InChI=1S/C27H27N3O4/c1-27(23-15-7-10-19-9-5-6-14-22(19)23)25(32)30(26(33)28-27)18-24(31)29(17-21-13-8-16-34-21)20-11-3-2-4-12-20/h5-11,13-16H,2-4,12,17-18H2,1H3,(H,28,33)/t27-/m1/s1. The topological polar surface area (TPSA) is 82.9 Å². The molecule has 2 aliphatic rings. The number of carbonyl (C=O) groups is 3. The third kappa shape index (κ3) is 3.87. The van der Waals surface area contributed by atoms with E-state index in [0.29, 0.717) is 11.3 Å². The molecule has 3 aromatic rings. The monoisotopic (exact) mass is 457 g/mol. The van der Waals surface area contributed by atoms with Crippen molar-refractivity contribution in [1.29, 1.82) is 0 Å². The molecule has 0 saturated carbocycles. The third-order valence-corrected chi connectivity index (χ3v) is 6.71. The molecule has 5 rings (SSSR count). The lowest BCUT2D eigenvalue weighted by atomic mass is 9.88. The summed E-state index contributed by atoms with van der Waals surface area (Å²) in [4.78, 5) is 42.6. The van der Waals surface area contributed by atoms with Gasteiger partial charge in [0.1, 0.15) is 17.8 Å². The van der Waals surface area contributed by atoms with Crippen LogP contribution in [-0.2, 0) is 21.7 Å². The average Bonchev–Trinajstić information content (AvgIpc) is 3.45. The SMILES string of the molecule is C[C@]1(c2cccc3ccccc23)NC(=O)N(CC(=O)N(Cc2ccco2)C2=CCCCC2)C1=O. The van der Waals surface area contributed by atoms with Gasteiger partial charge in [-0.3, -0.25) is 14.5 Å². The Morgan fingerprint density at radius 1 is 1.09 bits per heavy atom. The van der Waals surface area contributed by atoms with Crippen molar-refractivity contribution in [1.82, 2.24) is 15.1 Å². The molecule has 0 unspecified atom stereocenters. The minimum absolute atomic E-state index is 0.266. The van der Waals surface area contributed by atoms with Gasteiger partial charge in [-0.2, -0.15) is 0 Å². The second kappa shape index (κ2) is 8.82. The Balaban J connectivity index is 1.42. The van der Waals surface area contributed by atoms with Crippen LogP contribution in [0.25, 0.3) is 10.8 Å². The number of hydrogen-bond donors (Lipinski definition) is 1. The van der Waals surface area contributed by atoms with Gasteiger partial charge < -0.3 is 14.6 Å². The minimum Gasteiger partial charge on any atom is -0.467 e. The maximum absolute atomic E-state index is 13.6. The fraction of sp³-hybridized carbons (Fsp3) is 0.296. The van der Waals surface area contributed by atoms with E-state index >= 15 is 0 Å². The lowest BCUT2D eigenvalue weighted by Gasteiger charge is -2.28. The molecule has 1 fully saturated rings. The smallest absolute Gasteiger partial charge is 0.325 e. The second-order valence-corrected chi connectivity index (χ2v) is 8.97. The highest BCUT2D eigenvalue weighted by molar-refractivity contribution is 6.10. The molecule has 1 aliphatic carbocycles. The molecule has 34 heavy (non-hydrogen) atoms. The van der Waals surface area contributed by atoms with Crippen LogP contribution in [-0.4, -0.2) is 34.2 Å². The first-order valence-corrected chi connectivity index (χ1v) is 11.6. The number of nitrogens with one attached hydrogen (secondary N) is 1. The van der Waals surface area contributed by atoms with E-state index in [1.807, 2.05) is 48.5 Å². The van der Waals surface area contributed by atoms with Crippen LogP contribution in [0.2, 0.25) is 0 Å². The molecular weight excluding hydrogens is 430 g/mol. The molecule has 0 bridgehead atoms. The first kappa shape index (κ1) is 21.9. The van der Waals surface area contributed by atoms with E-state index in [1.165, 1.54) is 0 Å². The summed E-state index contributed by atoms with van der Waals surface area (Å²) in [5.74, 6) is -0.0920. The largest absolute Gasteiger partial charge is 0.467 e. The summed E-state index contributed by atoms with van der Waals surface area (Å²) in [5, 5.41) is 4.71. The van der Waals surface area contributed by atoms with Crippen molar-refractivity contribution in [2.75, 3.05) is 6.54 Å². The fourth-order valence-electron chi connectivity index (χ4n) is 4.88. The molecule has 1 saturated heterocycles. The van der Waals surface area contributed by atoms with Crippen molar-refractivity contribution in [3.05, 3.63) is 84.0 Å². The van der Waals surface area contributed by atoms with E-state index in [1.54, 1.807) is 24.2 Å². The predicted octanol–water partition coefficient (Wildman–Crippen LogP) is 4.69. The van der Waals surface area contributed by atoms with Gasteiger partial charge in [0, 0.05) is 5.70 Å². The van der Waals surface area contributed by atoms with Crippen molar-refractivity contribution < 1.29 is 18.8 Å². The van der Waals surface area contributed by atoms with Crippen molar-refractivity contribution >= 4 is 28.6 Å². The van der Waals surface area contributed by atoms with E-state index in [-0.39, 0.29) is 19.0 Å². The van der Waals surface area contributed by atoms with Crippen LogP contribution in [0.1, 0.15) is 43.9 Å². The molecule has 1 atom stereocenters. The molecule has 7 heteroatoms. The minimum atomic E-state index is -1.26. The lowest BCUT2D eigenvalue weighted by molar-refractivity contribution is -0.138. The van der Waals surface area contributed by atoms with Crippen LogP contribution >= 0.6 is 0 Å². The van der Waals surface area contributed by atoms with Gasteiger partial charge in [0.25, 0.3) is 5.91 Å². The van der Waals surface area contributed by atoms with Crippen LogP contribution in [0.3, 0.4) is 0 Å². The number of imide groups is 1. The van der Waals surface area contributed by atoms with Crippen LogP contribution < -0.4 is 5.32 Å². The molecule has 0 spiro atoms. The Kier molecular flexibility index (Phi) is 5.69. The van der Waals surface area contributed by atoms with Crippen molar-refractivity contribution in [2.24, 2.45) is 0 Å². The van der Waals surface area contributed by atoms with E-state index in [4.69, 9.17) is 4.42 Å². The normalized spacial score (nSPS) is 20.4.